The van der Waals surface area contributed by atoms with E-state index in [4.69, 9.17) is 16.3 Å². The predicted octanol–water partition coefficient (Wildman–Crippen LogP) is 3.13. The molecule has 0 spiro atoms. The predicted molar refractivity (Wildman–Crippen MR) is 74.0 cm³/mol. The number of hydrogen-bond donors (Lipinski definition) is 1. The van der Waals surface area contributed by atoms with E-state index < -0.39 is 0 Å². The van der Waals surface area contributed by atoms with Crippen LogP contribution < -0.4 is 10.1 Å². The molecule has 0 fully saturated rings. The quantitative estimate of drug-likeness (QED) is 0.919. The van der Waals surface area contributed by atoms with Crippen molar-refractivity contribution in [1.29, 1.82) is 0 Å². The fourth-order valence-electron chi connectivity index (χ4n) is 1.82. The molecule has 94 valence electrons. The first-order chi connectivity index (χ1) is 8.76. The molecule has 0 radical (unpaired) electrons. The molecule has 4 heteroatoms. The number of benzene rings is 1. The van der Waals surface area contributed by atoms with E-state index in [-0.39, 0.29) is 0 Å². The Balaban J connectivity index is 2.47. The number of aromatic nitrogens is 1. The summed E-state index contributed by atoms with van der Waals surface area (Å²) in [6.07, 6.45) is 1.75. The van der Waals surface area contributed by atoms with Crippen LogP contribution in [-0.4, -0.2) is 19.1 Å². The van der Waals surface area contributed by atoms with Crippen molar-refractivity contribution < 1.29 is 4.74 Å². The maximum Gasteiger partial charge on any atom is 0.145 e. The SMILES string of the molecule is CNCc1cc(-c2ncccc2OC)ccc1Cl. The van der Waals surface area contributed by atoms with Crippen molar-refractivity contribution in [3.8, 4) is 17.0 Å². The molecule has 0 saturated carbocycles. The molecule has 3 nitrogen and oxygen atoms in total. The molecule has 0 atom stereocenters. The van der Waals surface area contributed by atoms with Crippen LogP contribution in [0, 0.1) is 0 Å². The van der Waals surface area contributed by atoms with E-state index in [2.05, 4.69) is 10.3 Å². The van der Waals surface area contributed by atoms with Gasteiger partial charge in [-0.2, -0.15) is 0 Å². The maximum absolute atomic E-state index is 6.14. The minimum atomic E-state index is 0.724. The Kier molecular flexibility index (Phi) is 4.18. The van der Waals surface area contributed by atoms with Gasteiger partial charge in [0.15, 0.2) is 0 Å². The molecule has 1 N–H and O–H groups in total. The van der Waals surface area contributed by atoms with Crippen LogP contribution in [0.1, 0.15) is 5.56 Å². The zero-order valence-corrected chi connectivity index (χ0v) is 11.2. The third-order valence-electron chi connectivity index (χ3n) is 2.68. The molecule has 2 rings (SSSR count). The second-order valence-corrected chi connectivity index (χ2v) is 4.30. The molecule has 0 aliphatic rings. The molecule has 0 aliphatic heterocycles. The summed E-state index contributed by atoms with van der Waals surface area (Å²) < 4.78 is 5.32. The van der Waals surface area contributed by atoms with Crippen molar-refractivity contribution in [2.45, 2.75) is 6.54 Å². The lowest BCUT2D eigenvalue weighted by atomic mass is 10.1. The van der Waals surface area contributed by atoms with Crippen molar-refractivity contribution in [2.75, 3.05) is 14.2 Å². The van der Waals surface area contributed by atoms with Crippen LogP contribution in [0.4, 0.5) is 0 Å². The molecule has 1 aromatic carbocycles. The normalized spacial score (nSPS) is 10.4. The average Bonchev–Trinajstić information content (AvgIpc) is 2.41. The summed E-state index contributed by atoms with van der Waals surface area (Å²) in [6, 6.07) is 9.62. The summed E-state index contributed by atoms with van der Waals surface area (Å²) in [7, 11) is 3.54. The van der Waals surface area contributed by atoms with Crippen LogP contribution in [0.2, 0.25) is 5.02 Å². The molecular weight excluding hydrogens is 248 g/mol. The van der Waals surface area contributed by atoms with Gasteiger partial charge in [0.25, 0.3) is 0 Å². The Morgan fingerprint density at radius 3 is 2.89 bits per heavy atom. The zero-order valence-electron chi connectivity index (χ0n) is 10.4. The molecule has 0 saturated heterocycles. The summed E-state index contributed by atoms with van der Waals surface area (Å²) in [6.45, 7) is 0.724. The average molecular weight is 263 g/mol. The number of ether oxygens (including phenoxy) is 1. The third-order valence-corrected chi connectivity index (χ3v) is 3.05. The highest BCUT2D eigenvalue weighted by Crippen LogP contribution is 2.29. The fourth-order valence-corrected chi connectivity index (χ4v) is 2.00. The Morgan fingerprint density at radius 2 is 2.17 bits per heavy atom. The minimum absolute atomic E-state index is 0.724. The number of methoxy groups -OCH3 is 1. The number of pyridine rings is 1. The highest BCUT2D eigenvalue weighted by Gasteiger charge is 2.08. The van der Waals surface area contributed by atoms with E-state index in [9.17, 15) is 0 Å². The first-order valence-electron chi connectivity index (χ1n) is 5.68. The molecular formula is C14H15ClN2O. The Morgan fingerprint density at radius 1 is 1.33 bits per heavy atom. The van der Waals surface area contributed by atoms with Crippen molar-refractivity contribution in [2.24, 2.45) is 0 Å². The topological polar surface area (TPSA) is 34.2 Å². The summed E-state index contributed by atoms with van der Waals surface area (Å²) in [4.78, 5) is 4.36. The largest absolute Gasteiger partial charge is 0.494 e. The highest BCUT2D eigenvalue weighted by molar-refractivity contribution is 6.31. The highest BCUT2D eigenvalue weighted by atomic mass is 35.5. The summed E-state index contributed by atoms with van der Waals surface area (Å²) in [5.74, 6) is 0.759. The van der Waals surface area contributed by atoms with Gasteiger partial charge in [0, 0.05) is 23.3 Å². The first kappa shape index (κ1) is 12.9. The van der Waals surface area contributed by atoms with Gasteiger partial charge < -0.3 is 10.1 Å². The van der Waals surface area contributed by atoms with Gasteiger partial charge >= 0.3 is 0 Å². The minimum Gasteiger partial charge on any atom is -0.494 e. The van der Waals surface area contributed by atoms with Crippen LogP contribution in [0.5, 0.6) is 5.75 Å². The van der Waals surface area contributed by atoms with Gasteiger partial charge in [-0.05, 0) is 36.9 Å². The van der Waals surface area contributed by atoms with Crippen LogP contribution in [0.25, 0.3) is 11.3 Å². The molecule has 1 heterocycles. The lowest BCUT2D eigenvalue weighted by molar-refractivity contribution is 0.415. The lowest BCUT2D eigenvalue weighted by Gasteiger charge is -2.10. The maximum atomic E-state index is 6.14. The summed E-state index contributed by atoms with van der Waals surface area (Å²) in [5.41, 5.74) is 2.88. The van der Waals surface area contributed by atoms with E-state index in [1.54, 1.807) is 13.3 Å². The number of nitrogens with one attached hydrogen (secondary N) is 1. The number of halogens is 1. The van der Waals surface area contributed by atoms with Crippen molar-refractivity contribution in [3.63, 3.8) is 0 Å². The zero-order chi connectivity index (χ0) is 13.0. The number of nitrogens with zero attached hydrogens (tertiary/aromatic N) is 1. The van der Waals surface area contributed by atoms with Gasteiger partial charge in [-0.15, -0.1) is 0 Å². The van der Waals surface area contributed by atoms with Gasteiger partial charge in [-0.3, -0.25) is 4.98 Å². The Bertz CT molecular complexity index is 543. The molecule has 2 aromatic rings. The van der Waals surface area contributed by atoms with Gasteiger partial charge in [0.05, 0.1) is 7.11 Å². The van der Waals surface area contributed by atoms with Crippen LogP contribution in [-0.2, 0) is 6.54 Å². The first-order valence-corrected chi connectivity index (χ1v) is 6.06. The second kappa shape index (κ2) is 5.85. The molecule has 0 unspecified atom stereocenters. The molecule has 0 amide bonds. The van der Waals surface area contributed by atoms with Gasteiger partial charge in [-0.1, -0.05) is 17.7 Å². The molecule has 0 aliphatic carbocycles. The Labute approximate surface area is 112 Å². The third kappa shape index (κ3) is 2.63. The van der Waals surface area contributed by atoms with Crippen LogP contribution >= 0.6 is 11.6 Å². The lowest BCUT2D eigenvalue weighted by Crippen LogP contribution is -2.05. The summed E-state index contributed by atoms with van der Waals surface area (Å²) in [5, 5.41) is 3.85. The van der Waals surface area contributed by atoms with E-state index in [1.165, 1.54) is 0 Å². The van der Waals surface area contributed by atoms with Gasteiger partial charge in [0.1, 0.15) is 11.4 Å². The number of hydrogen-bond acceptors (Lipinski definition) is 3. The van der Waals surface area contributed by atoms with E-state index in [0.717, 1.165) is 34.1 Å². The monoisotopic (exact) mass is 262 g/mol. The van der Waals surface area contributed by atoms with E-state index in [0.29, 0.717) is 0 Å². The van der Waals surface area contributed by atoms with Gasteiger partial charge in [0.2, 0.25) is 0 Å². The second-order valence-electron chi connectivity index (χ2n) is 3.89. The standard InChI is InChI=1S/C14H15ClN2O/c1-16-9-11-8-10(5-6-12(11)15)14-13(18-2)4-3-7-17-14/h3-8,16H,9H2,1-2H3. The van der Waals surface area contributed by atoms with E-state index >= 15 is 0 Å². The molecule has 1 aromatic heterocycles. The number of rotatable bonds is 4. The molecule has 0 bridgehead atoms. The van der Waals surface area contributed by atoms with E-state index in [1.807, 2.05) is 37.4 Å². The van der Waals surface area contributed by atoms with Crippen LogP contribution in [0.15, 0.2) is 36.5 Å². The summed E-state index contributed by atoms with van der Waals surface area (Å²) >= 11 is 6.14. The van der Waals surface area contributed by atoms with Crippen molar-refractivity contribution in [3.05, 3.63) is 47.1 Å². The van der Waals surface area contributed by atoms with Gasteiger partial charge in [-0.25, -0.2) is 0 Å². The molecule has 18 heavy (non-hydrogen) atoms. The van der Waals surface area contributed by atoms with Crippen molar-refractivity contribution >= 4 is 11.6 Å². The van der Waals surface area contributed by atoms with Crippen LogP contribution in [0.3, 0.4) is 0 Å². The van der Waals surface area contributed by atoms with Crippen molar-refractivity contribution in [1.82, 2.24) is 10.3 Å². The smallest absolute Gasteiger partial charge is 0.145 e. The fraction of sp³-hybridized carbons (Fsp3) is 0.214. The Hall–Kier alpha value is -1.58.